The molecule has 0 atom stereocenters. The lowest BCUT2D eigenvalue weighted by molar-refractivity contribution is -0.119. The van der Waals surface area contributed by atoms with Gasteiger partial charge < -0.3 is 5.32 Å². The monoisotopic (exact) mass is 255 g/mol. The largest absolute Gasteiger partial charge is 0.325 e. The molecule has 0 saturated heterocycles. The minimum absolute atomic E-state index is 0.240. The van der Waals surface area contributed by atoms with Gasteiger partial charge in [-0.25, -0.2) is 0 Å². The van der Waals surface area contributed by atoms with Crippen LogP contribution in [0.15, 0.2) is 18.2 Å². The number of benzene rings is 1. The minimum Gasteiger partial charge on any atom is -0.325 e. The molecule has 3 rings (SSSR count). The van der Waals surface area contributed by atoms with Crippen molar-refractivity contribution < 1.29 is 14.4 Å². The first-order chi connectivity index (χ1) is 9.05. The van der Waals surface area contributed by atoms with Gasteiger partial charge in [0.15, 0.2) is 0 Å². The summed E-state index contributed by atoms with van der Waals surface area (Å²) in [6.45, 7) is 0. The van der Waals surface area contributed by atoms with E-state index in [4.69, 9.17) is 5.26 Å². The number of carbonyl (C=O) groups is 3. The van der Waals surface area contributed by atoms with Crippen LogP contribution in [-0.4, -0.2) is 17.7 Å². The van der Waals surface area contributed by atoms with Gasteiger partial charge in [0, 0.05) is 5.69 Å². The lowest BCUT2D eigenvalue weighted by atomic mass is 10.1. The molecule has 6 heteroatoms. The van der Waals surface area contributed by atoms with E-state index in [0.29, 0.717) is 24.1 Å². The second-order valence-electron chi connectivity index (χ2n) is 4.69. The summed E-state index contributed by atoms with van der Waals surface area (Å²) in [5.74, 6) is -1.27. The Labute approximate surface area is 108 Å². The van der Waals surface area contributed by atoms with Gasteiger partial charge in [-0.15, -0.1) is 0 Å². The number of nitrogens with zero attached hydrogens (tertiary/aromatic N) is 1. The van der Waals surface area contributed by atoms with E-state index in [9.17, 15) is 14.4 Å². The van der Waals surface area contributed by atoms with Crippen LogP contribution in [0.4, 0.5) is 5.69 Å². The van der Waals surface area contributed by atoms with Crippen molar-refractivity contribution in [1.29, 1.82) is 5.26 Å². The standard InChI is InChI=1S/C13H9N3O3/c14-6-13(3-4-13)12(19)15-7-1-2-8-9(5-7)11(18)16-10(8)17/h1-2,5H,3-4H2,(H,15,19)(H,16,17,18). The van der Waals surface area contributed by atoms with Crippen molar-refractivity contribution in [2.24, 2.45) is 5.41 Å². The SMILES string of the molecule is N#CC1(C(=O)Nc2ccc3c(c2)C(=O)NC3=O)CC1. The van der Waals surface area contributed by atoms with Crippen LogP contribution in [0, 0.1) is 16.7 Å². The summed E-state index contributed by atoms with van der Waals surface area (Å²) in [5.41, 5.74) is 0.0287. The number of anilines is 1. The lowest BCUT2D eigenvalue weighted by Gasteiger charge is -2.08. The Morgan fingerprint density at radius 2 is 1.95 bits per heavy atom. The highest BCUT2D eigenvalue weighted by Gasteiger charge is 2.50. The molecule has 1 aromatic rings. The molecule has 0 aromatic heterocycles. The maximum Gasteiger partial charge on any atom is 0.259 e. The molecule has 0 bridgehead atoms. The molecule has 1 fully saturated rings. The fourth-order valence-electron chi connectivity index (χ4n) is 2.01. The number of rotatable bonds is 2. The molecule has 0 unspecified atom stereocenters. The van der Waals surface area contributed by atoms with Gasteiger partial charge in [-0.3, -0.25) is 19.7 Å². The third kappa shape index (κ3) is 1.67. The number of fused-ring (bicyclic) bond motifs is 1. The maximum atomic E-state index is 11.9. The molecule has 6 nitrogen and oxygen atoms in total. The van der Waals surface area contributed by atoms with Crippen molar-refractivity contribution in [3.05, 3.63) is 29.3 Å². The number of imide groups is 1. The molecule has 1 aliphatic heterocycles. The molecule has 1 aromatic carbocycles. The third-order valence-corrected chi connectivity index (χ3v) is 3.39. The fraction of sp³-hybridized carbons (Fsp3) is 0.231. The molecular formula is C13H9N3O3. The van der Waals surface area contributed by atoms with E-state index in [1.54, 1.807) is 6.07 Å². The molecule has 1 heterocycles. The average Bonchev–Trinajstić information content (AvgIpc) is 3.14. The van der Waals surface area contributed by atoms with Crippen molar-refractivity contribution in [2.75, 3.05) is 5.32 Å². The van der Waals surface area contributed by atoms with E-state index in [1.165, 1.54) is 12.1 Å². The first-order valence-electron chi connectivity index (χ1n) is 5.78. The van der Waals surface area contributed by atoms with E-state index in [1.807, 2.05) is 6.07 Å². The van der Waals surface area contributed by atoms with E-state index >= 15 is 0 Å². The summed E-state index contributed by atoms with van der Waals surface area (Å²) in [7, 11) is 0. The summed E-state index contributed by atoms with van der Waals surface area (Å²) >= 11 is 0. The molecule has 0 radical (unpaired) electrons. The highest BCUT2D eigenvalue weighted by molar-refractivity contribution is 6.22. The summed E-state index contributed by atoms with van der Waals surface area (Å²) < 4.78 is 0. The number of amides is 3. The van der Waals surface area contributed by atoms with Gasteiger partial charge in [0.1, 0.15) is 5.41 Å². The average molecular weight is 255 g/mol. The number of nitriles is 1. The number of hydrogen-bond donors (Lipinski definition) is 2. The molecule has 0 spiro atoms. The van der Waals surface area contributed by atoms with Crippen LogP contribution in [0.2, 0.25) is 0 Å². The maximum absolute atomic E-state index is 11.9. The molecule has 1 aliphatic carbocycles. The number of carbonyl (C=O) groups excluding carboxylic acids is 3. The van der Waals surface area contributed by atoms with Crippen molar-refractivity contribution in [3.8, 4) is 6.07 Å². The van der Waals surface area contributed by atoms with Gasteiger partial charge >= 0.3 is 0 Å². The summed E-state index contributed by atoms with van der Waals surface area (Å²) in [6.07, 6.45) is 1.11. The Kier molecular flexibility index (Phi) is 2.20. The smallest absolute Gasteiger partial charge is 0.259 e. The molecular weight excluding hydrogens is 246 g/mol. The molecule has 19 heavy (non-hydrogen) atoms. The van der Waals surface area contributed by atoms with Crippen LogP contribution < -0.4 is 10.6 Å². The van der Waals surface area contributed by atoms with Gasteiger partial charge in [-0.2, -0.15) is 5.26 Å². The summed E-state index contributed by atoms with van der Waals surface area (Å²) in [6, 6.07) is 6.47. The van der Waals surface area contributed by atoms with Crippen molar-refractivity contribution in [2.45, 2.75) is 12.8 Å². The predicted molar refractivity (Wildman–Crippen MR) is 64.1 cm³/mol. The van der Waals surface area contributed by atoms with Crippen LogP contribution in [0.25, 0.3) is 0 Å². The normalized spacial score (nSPS) is 18.3. The Balaban J connectivity index is 1.87. The Morgan fingerprint density at radius 3 is 2.58 bits per heavy atom. The van der Waals surface area contributed by atoms with Crippen LogP contribution in [0.3, 0.4) is 0 Å². The van der Waals surface area contributed by atoms with Crippen LogP contribution in [0.5, 0.6) is 0 Å². The van der Waals surface area contributed by atoms with Crippen LogP contribution in [-0.2, 0) is 4.79 Å². The second-order valence-corrected chi connectivity index (χ2v) is 4.69. The quantitative estimate of drug-likeness (QED) is 0.764. The van der Waals surface area contributed by atoms with Gasteiger partial charge in [-0.05, 0) is 31.0 Å². The topological polar surface area (TPSA) is 99.1 Å². The Bertz CT molecular complexity index is 668. The zero-order chi connectivity index (χ0) is 13.6. The Hall–Kier alpha value is -2.68. The predicted octanol–water partition coefficient (Wildman–Crippen LogP) is 0.812. The summed E-state index contributed by atoms with van der Waals surface area (Å²) in [4.78, 5) is 34.7. The van der Waals surface area contributed by atoms with Crippen LogP contribution in [0.1, 0.15) is 33.6 Å². The van der Waals surface area contributed by atoms with Crippen molar-refractivity contribution >= 4 is 23.4 Å². The molecule has 1 saturated carbocycles. The minimum atomic E-state index is -0.920. The molecule has 2 N–H and O–H groups in total. The lowest BCUT2D eigenvalue weighted by Crippen LogP contribution is -2.22. The van der Waals surface area contributed by atoms with Gasteiger partial charge in [0.25, 0.3) is 11.8 Å². The number of nitrogens with one attached hydrogen (secondary N) is 2. The highest BCUT2D eigenvalue weighted by atomic mass is 16.2. The zero-order valence-corrected chi connectivity index (χ0v) is 9.82. The molecule has 2 aliphatic rings. The second kappa shape index (κ2) is 3.65. The highest BCUT2D eigenvalue weighted by Crippen LogP contribution is 2.45. The zero-order valence-electron chi connectivity index (χ0n) is 9.82. The Morgan fingerprint density at radius 1 is 1.26 bits per heavy atom. The van der Waals surface area contributed by atoms with E-state index in [-0.39, 0.29) is 11.5 Å². The van der Waals surface area contributed by atoms with Crippen LogP contribution >= 0.6 is 0 Å². The van der Waals surface area contributed by atoms with Crippen molar-refractivity contribution in [1.82, 2.24) is 5.32 Å². The van der Waals surface area contributed by atoms with Gasteiger partial charge in [-0.1, -0.05) is 0 Å². The molecule has 94 valence electrons. The molecule has 3 amide bonds. The van der Waals surface area contributed by atoms with Gasteiger partial charge in [0.05, 0.1) is 17.2 Å². The first kappa shape index (κ1) is 11.4. The first-order valence-corrected chi connectivity index (χ1v) is 5.78. The van der Waals surface area contributed by atoms with E-state index < -0.39 is 17.2 Å². The number of hydrogen-bond acceptors (Lipinski definition) is 4. The van der Waals surface area contributed by atoms with E-state index in [2.05, 4.69) is 10.6 Å². The third-order valence-electron chi connectivity index (χ3n) is 3.39. The van der Waals surface area contributed by atoms with Gasteiger partial charge in [0.2, 0.25) is 5.91 Å². The van der Waals surface area contributed by atoms with Crippen molar-refractivity contribution in [3.63, 3.8) is 0 Å². The van der Waals surface area contributed by atoms with E-state index in [0.717, 1.165) is 0 Å². The fourth-order valence-corrected chi connectivity index (χ4v) is 2.01. The summed E-state index contributed by atoms with van der Waals surface area (Å²) in [5, 5.41) is 13.7.